The number of likely N-dealkylation sites (tertiary alicyclic amines) is 1. The van der Waals surface area contributed by atoms with Crippen LogP contribution in [0.2, 0.25) is 0 Å². The molecule has 1 fully saturated rings. The van der Waals surface area contributed by atoms with Gasteiger partial charge in [0.05, 0.1) is 31.0 Å². The molecule has 1 saturated heterocycles. The topological polar surface area (TPSA) is 76.7 Å². The molecule has 0 bridgehead atoms. The third kappa shape index (κ3) is 6.65. The molecule has 2 N–H and O–H groups in total. The zero-order valence-corrected chi connectivity index (χ0v) is 17.5. The Hall–Kier alpha value is -2.23. The molecule has 1 heterocycles. The monoisotopic (exact) mass is 408 g/mol. The van der Waals surface area contributed by atoms with Crippen molar-refractivity contribution in [2.24, 2.45) is 0 Å². The van der Waals surface area contributed by atoms with Crippen molar-refractivity contribution in [3.63, 3.8) is 0 Å². The molecule has 5 nitrogen and oxygen atoms in total. The summed E-state index contributed by atoms with van der Waals surface area (Å²) in [5.41, 5.74) is 4.07. The van der Waals surface area contributed by atoms with Crippen LogP contribution in [-0.4, -0.2) is 53.6 Å². The molecule has 2 atom stereocenters. The van der Waals surface area contributed by atoms with Crippen LogP contribution in [0.25, 0.3) is 11.1 Å². The van der Waals surface area contributed by atoms with E-state index < -0.39 is 0 Å². The zero-order valence-electron chi connectivity index (χ0n) is 17.5. The second-order valence-electron chi connectivity index (χ2n) is 8.05. The number of hydrogen-bond donors (Lipinski definition) is 2. The van der Waals surface area contributed by atoms with Gasteiger partial charge in [0.15, 0.2) is 0 Å². The molecule has 0 spiro atoms. The van der Waals surface area contributed by atoms with Gasteiger partial charge < -0.3 is 14.9 Å². The first-order valence-electron chi connectivity index (χ1n) is 10.9. The third-order valence-corrected chi connectivity index (χ3v) is 5.82. The first-order chi connectivity index (χ1) is 14.7. The van der Waals surface area contributed by atoms with Crippen molar-refractivity contribution in [1.29, 1.82) is 5.26 Å². The van der Waals surface area contributed by atoms with Crippen LogP contribution in [0.3, 0.4) is 0 Å². The first kappa shape index (κ1) is 22.5. The predicted octanol–water partition coefficient (Wildman–Crippen LogP) is 3.73. The van der Waals surface area contributed by atoms with Crippen molar-refractivity contribution in [1.82, 2.24) is 4.90 Å². The van der Waals surface area contributed by atoms with Crippen LogP contribution in [0.4, 0.5) is 0 Å². The summed E-state index contributed by atoms with van der Waals surface area (Å²) in [6, 6.07) is 18.2. The average molecular weight is 409 g/mol. The lowest BCUT2D eigenvalue weighted by atomic mass is 9.99. The summed E-state index contributed by atoms with van der Waals surface area (Å²) in [7, 11) is 0. The highest BCUT2D eigenvalue weighted by Gasteiger charge is 2.26. The van der Waals surface area contributed by atoms with E-state index in [1.54, 1.807) is 0 Å². The molecular formula is C25H32N2O3. The van der Waals surface area contributed by atoms with Crippen LogP contribution in [0.15, 0.2) is 48.5 Å². The molecule has 160 valence electrons. The summed E-state index contributed by atoms with van der Waals surface area (Å²) < 4.78 is 5.82. The molecule has 0 aromatic heterocycles. The van der Waals surface area contributed by atoms with Gasteiger partial charge in [-0.3, -0.25) is 4.90 Å². The Labute approximate surface area is 179 Å². The van der Waals surface area contributed by atoms with Crippen LogP contribution < -0.4 is 0 Å². The van der Waals surface area contributed by atoms with E-state index in [2.05, 4.69) is 35.2 Å². The van der Waals surface area contributed by atoms with Gasteiger partial charge in [-0.25, -0.2) is 0 Å². The number of benzene rings is 2. The van der Waals surface area contributed by atoms with Crippen molar-refractivity contribution in [2.45, 2.75) is 50.9 Å². The van der Waals surface area contributed by atoms with Gasteiger partial charge in [0.2, 0.25) is 0 Å². The maximum Gasteiger partial charge on any atom is 0.0991 e. The van der Waals surface area contributed by atoms with Gasteiger partial charge in [-0.1, -0.05) is 36.4 Å². The fourth-order valence-electron chi connectivity index (χ4n) is 3.98. The second kappa shape index (κ2) is 11.8. The van der Waals surface area contributed by atoms with E-state index in [9.17, 15) is 10.2 Å². The van der Waals surface area contributed by atoms with Gasteiger partial charge >= 0.3 is 0 Å². The second-order valence-corrected chi connectivity index (χ2v) is 8.05. The van der Waals surface area contributed by atoms with E-state index in [0.29, 0.717) is 18.6 Å². The molecule has 2 unspecified atom stereocenters. The molecule has 5 heteroatoms. The van der Waals surface area contributed by atoms with Crippen LogP contribution in [-0.2, 0) is 11.3 Å². The van der Waals surface area contributed by atoms with E-state index in [1.165, 1.54) is 0 Å². The standard InChI is InChI=1S/C25H32N2O3/c26-17-20-4-8-22(9-5-20)23-10-6-21(7-11-23)19-30-15-3-1-2-13-27-14-12-25(29)16-24(27)18-28/h4-11,24-25,28-29H,1-3,12-16,18-19H2. The molecule has 2 aromatic rings. The summed E-state index contributed by atoms with van der Waals surface area (Å²) in [5, 5.41) is 28.1. The third-order valence-electron chi connectivity index (χ3n) is 5.82. The normalized spacial score (nSPS) is 19.5. The van der Waals surface area contributed by atoms with Crippen molar-refractivity contribution in [2.75, 3.05) is 26.3 Å². The van der Waals surface area contributed by atoms with E-state index in [1.807, 2.05) is 24.3 Å². The SMILES string of the molecule is N#Cc1ccc(-c2ccc(COCCCCCN3CCC(O)CC3CO)cc2)cc1. The Bertz CT molecular complexity index is 799. The lowest BCUT2D eigenvalue weighted by molar-refractivity contribution is 0.0160. The van der Waals surface area contributed by atoms with Gasteiger partial charge in [0, 0.05) is 19.2 Å². The van der Waals surface area contributed by atoms with Crippen LogP contribution >= 0.6 is 0 Å². The van der Waals surface area contributed by atoms with Crippen molar-refractivity contribution < 1.29 is 14.9 Å². The predicted molar refractivity (Wildman–Crippen MR) is 118 cm³/mol. The highest BCUT2D eigenvalue weighted by Crippen LogP contribution is 2.21. The van der Waals surface area contributed by atoms with E-state index >= 15 is 0 Å². The van der Waals surface area contributed by atoms with E-state index in [-0.39, 0.29) is 18.8 Å². The smallest absolute Gasteiger partial charge is 0.0991 e. The van der Waals surface area contributed by atoms with Gasteiger partial charge in [0.25, 0.3) is 0 Å². The Morgan fingerprint density at radius 3 is 2.37 bits per heavy atom. The number of nitrogens with zero attached hydrogens (tertiary/aromatic N) is 2. The molecule has 1 aliphatic heterocycles. The van der Waals surface area contributed by atoms with Crippen molar-refractivity contribution in [3.8, 4) is 17.2 Å². The molecular weight excluding hydrogens is 376 g/mol. The first-order valence-corrected chi connectivity index (χ1v) is 10.9. The molecule has 3 rings (SSSR count). The maximum absolute atomic E-state index is 9.72. The summed E-state index contributed by atoms with van der Waals surface area (Å²) in [6.07, 6.45) is 4.46. The molecule has 0 amide bonds. The Balaban J connectivity index is 1.30. The number of hydrogen-bond acceptors (Lipinski definition) is 5. The minimum Gasteiger partial charge on any atom is -0.395 e. The number of aliphatic hydroxyl groups is 2. The minimum atomic E-state index is -0.259. The number of nitriles is 1. The molecule has 1 aliphatic rings. The molecule has 0 radical (unpaired) electrons. The van der Waals surface area contributed by atoms with Gasteiger partial charge in [0.1, 0.15) is 0 Å². The summed E-state index contributed by atoms with van der Waals surface area (Å²) in [4.78, 5) is 2.31. The van der Waals surface area contributed by atoms with Crippen molar-refractivity contribution >= 4 is 0 Å². The highest BCUT2D eigenvalue weighted by atomic mass is 16.5. The van der Waals surface area contributed by atoms with Gasteiger partial charge in [-0.05, 0) is 67.5 Å². The molecule has 30 heavy (non-hydrogen) atoms. The van der Waals surface area contributed by atoms with E-state index in [4.69, 9.17) is 10.00 Å². The number of unbranched alkanes of at least 4 members (excludes halogenated alkanes) is 2. The number of ether oxygens (including phenoxy) is 1. The largest absolute Gasteiger partial charge is 0.395 e. The van der Waals surface area contributed by atoms with Crippen LogP contribution in [0.1, 0.15) is 43.2 Å². The fraction of sp³-hybridized carbons (Fsp3) is 0.480. The summed E-state index contributed by atoms with van der Waals surface area (Å²) >= 11 is 0. The zero-order chi connectivity index (χ0) is 21.2. The fourth-order valence-corrected chi connectivity index (χ4v) is 3.98. The minimum absolute atomic E-state index is 0.109. The number of piperidine rings is 1. The number of aliphatic hydroxyl groups excluding tert-OH is 2. The Morgan fingerprint density at radius 2 is 1.70 bits per heavy atom. The van der Waals surface area contributed by atoms with Gasteiger partial charge in [-0.15, -0.1) is 0 Å². The number of rotatable bonds is 10. The summed E-state index contributed by atoms with van der Waals surface area (Å²) in [5.74, 6) is 0. The van der Waals surface area contributed by atoms with Crippen LogP contribution in [0, 0.1) is 11.3 Å². The van der Waals surface area contributed by atoms with Crippen molar-refractivity contribution in [3.05, 3.63) is 59.7 Å². The average Bonchev–Trinajstić information content (AvgIpc) is 2.79. The molecule has 2 aromatic carbocycles. The van der Waals surface area contributed by atoms with E-state index in [0.717, 1.165) is 62.1 Å². The summed E-state index contributed by atoms with van der Waals surface area (Å²) in [6.45, 7) is 3.35. The highest BCUT2D eigenvalue weighted by molar-refractivity contribution is 5.64. The van der Waals surface area contributed by atoms with Crippen LogP contribution in [0.5, 0.6) is 0 Å². The maximum atomic E-state index is 9.72. The Kier molecular flexibility index (Phi) is 8.85. The lowest BCUT2D eigenvalue weighted by Crippen LogP contribution is -2.46. The van der Waals surface area contributed by atoms with Gasteiger partial charge in [-0.2, -0.15) is 5.26 Å². The Morgan fingerprint density at radius 1 is 1.00 bits per heavy atom. The quantitative estimate of drug-likeness (QED) is 0.586. The lowest BCUT2D eigenvalue weighted by Gasteiger charge is -2.36. The molecule has 0 saturated carbocycles. The molecule has 0 aliphatic carbocycles.